The van der Waals surface area contributed by atoms with Gasteiger partial charge in [0.25, 0.3) is 0 Å². The maximum atomic E-state index is 5.67. The topological polar surface area (TPSA) is 38.4 Å². The molecule has 2 N–H and O–H groups in total. The van der Waals surface area contributed by atoms with Crippen molar-refractivity contribution in [2.45, 2.75) is 38.6 Å². The van der Waals surface area contributed by atoms with Crippen LogP contribution in [0.4, 0.5) is 0 Å². The lowest BCUT2D eigenvalue weighted by molar-refractivity contribution is 0.561. The van der Waals surface area contributed by atoms with Crippen LogP contribution < -0.4 is 5.73 Å². The van der Waals surface area contributed by atoms with Gasteiger partial charge in [-0.1, -0.05) is 25.1 Å². The van der Waals surface area contributed by atoms with E-state index >= 15 is 0 Å². The first-order valence-corrected chi connectivity index (χ1v) is 5.27. The lowest BCUT2D eigenvalue weighted by Crippen LogP contribution is -2.10. The van der Waals surface area contributed by atoms with Gasteiger partial charge >= 0.3 is 0 Å². The van der Waals surface area contributed by atoms with Crippen LogP contribution in [0, 0.1) is 0 Å². The molecule has 0 aromatic heterocycles. The van der Waals surface area contributed by atoms with Gasteiger partial charge in [0.15, 0.2) is 5.17 Å². The van der Waals surface area contributed by atoms with Crippen molar-refractivity contribution in [1.29, 1.82) is 0 Å². The second kappa shape index (κ2) is 4.65. The van der Waals surface area contributed by atoms with E-state index < -0.39 is 0 Å². The fourth-order valence-electron chi connectivity index (χ4n) is 1.32. The minimum atomic E-state index is 0.509. The van der Waals surface area contributed by atoms with E-state index in [4.69, 9.17) is 5.73 Å². The Labute approximate surface area is 72.6 Å². The average molecular weight is 172 g/mol. The highest BCUT2D eigenvalue weighted by Gasteiger charge is 2.10. The average Bonchev–Trinajstić information content (AvgIpc) is 2.15. The normalized spacial score (nSPS) is 25.9. The molecule has 1 aliphatic rings. The van der Waals surface area contributed by atoms with Crippen molar-refractivity contribution in [3.63, 3.8) is 0 Å². The summed E-state index contributed by atoms with van der Waals surface area (Å²) in [5.41, 5.74) is 5.67. The van der Waals surface area contributed by atoms with E-state index in [1.165, 1.54) is 25.7 Å². The molecule has 0 unspecified atom stereocenters. The summed E-state index contributed by atoms with van der Waals surface area (Å²) in [7, 11) is 0. The molecule has 0 spiro atoms. The molecule has 0 aliphatic carbocycles. The number of rotatable bonds is 2. The van der Waals surface area contributed by atoms with Crippen molar-refractivity contribution in [3.8, 4) is 0 Å². The van der Waals surface area contributed by atoms with Crippen molar-refractivity contribution in [1.82, 2.24) is 0 Å². The van der Waals surface area contributed by atoms with Gasteiger partial charge in [0.05, 0.1) is 6.04 Å². The smallest absolute Gasteiger partial charge is 0.154 e. The van der Waals surface area contributed by atoms with Crippen LogP contribution in [-0.2, 0) is 0 Å². The van der Waals surface area contributed by atoms with E-state index in [-0.39, 0.29) is 0 Å². The predicted octanol–water partition coefficient (Wildman–Crippen LogP) is 2.00. The van der Waals surface area contributed by atoms with Crippen molar-refractivity contribution >= 4 is 16.9 Å². The number of amidine groups is 1. The summed E-state index contributed by atoms with van der Waals surface area (Å²) in [5.74, 6) is 1.15. The Morgan fingerprint density at radius 2 is 2.55 bits per heavy atom. The monoisotopic (exact) mass is 172 g/mol. The van der Waals surface area contributed by atoms with Crippen LogP contribution >= 0.6 is 11.8 Å². The molecule has 1 heterocycles. The van der Waals surface area contributed by atoms with E-state index in [0.717, 1.165) is 10.9 Å². The summed E-state index contributed by atoms with van der Waals surface area (Å²) in [4.78, 5) is 4.42. The number of hydrogen-bond acceptors (Lipinski definition) is 3. The Bertz CT molecular complexity index is 145. The molecule has 2 nitrogen and oxygen atoms in total. The molecule has 0 fully saturated rings. The molecule has 0 amide bonds. The molecule has 0 saturated carbocycles. The molecular formula is C8H16N2S. The van der Waals surface area contributed by atoms with Gasteiger partial charge in [0.1, 0.15) is 0 Å². The Morgan fingerprint density at radius 1 is 1.73 bits per heavy atom. The lowest BCUT2D eigenvalue weighted by atomic mass is 10.1. The van der Waals surface area contributed by atoms with E-state index in [0.29, 0.717) is 6.04 Å². The summed E-state index contributed by atoms with van der Waals surface area (Å²) in [6.07, 6.45) is 4.90. The fraction of sp³-hybridized carbons (Fsp3) is 0.875. The third-order valence-electron chi connectivity index (χ3n) is 1.86. The molecule has 0 radical (unpaired) electrons. The van der Waals surface area contributed by atoms with Crippen molar-refractivity contribution in [3.05, 3.63) is 0 Å². The van der Waals surface area contributed by atoms with Gasteiger partial charge < -0.3 is 5.73 Å². The second-order valence-electron chi connectivity index (χ2n) is 2.90. The highest BCUT2D eigenvalue weighted by atomic mass is 32.2. The molecule has 0 aromatic rings. The third-order valence-corrected chi connectivity index (χ3v) is 2.76. The van der Waals surface area contributed by atoms with Gasteiger partial charge in [-0.3, -0.25) is 4.99 Å². The molecular weight excluding hydrogens is 156 g/mol. The Kier molecular flexibility index (Phi) is 3.77. The van der Waals surface area contributed by atoms with Crippen LogP contribution in [0.25, 0.3) is 0 Å². The maximum Gasteiger partial charge on any atom is 0.154 e. The quantitative estimate of drug-likeness (QED) is 0.692. The zero-order chi connectivity index (χ0) is 8.10. The molecule has 0 bridgehead atoms. The Hall–Kier alpha value is -0.180. The molecule has 0 saturated heterocycles. The first kappa shape index (κ1) is 8.91. The summed E-state index contributed by atoms with van der Waals surface area (Å²) in [6, 6.07) is 0.509. The van der Waals surface area contributed by atoms with Crippen molar-refractivity contribution in [2.75, 3.05) is 5.75 Å². The first-order valence-electron chi connectivity index (χ1n) is 4.29. The number of hydrogen-bond donors (Lipinski definition) is 1. The molecule has 64 valence electrons. The van der Waals surface area contributed by atoms with Crippen molar-refractivity contribution < 1.29 is 0 Å². The first-order chi connectivity index (χ1) is 5.33. The molecule has 11 heavy (non-hydrogen) atoms. The van der Waals surface area contributed by atoms with Gasteiger partial charge in [-0.25, -0.2) is 0 Å². The number of thioether (sulfide) groups is 1. The maximum absolute atomic E-state index is 5.67. The van der Waals surface area contributed by atoms with Crippen LogP contribution in [0.2, 0.25) is 0 Å². The van der Waals surface area contributed by atoms with Gasteiger partial charge in [-0.2, -0.15) is 0 Å². The largest absolute Gasteiger partial charge is 0.379 e. The van der Waals surface area contributed by atoms with Gasteiger partial charge in [-0.05, 0) is 19.3 Å². The summed E-state index contributed by atoms with van der Waals surface area (Å²) in [5, 5.41) is 0.793. The summed E-state index contributed by atoms with van der Waals surface area (Å²) < 4.78 is 0. The number of nitrogens with zero attached hydrogens (tertiary/aromatic N) is 1. The zero-order valence-corrected chi connectivity index (χ0v) is 7.86. The van der Waals surface area contributed by atoms with Crippen LogP contribution in [0.5, 0.6) is 0 Å². The lowest BCUT2D eigenvalue weighted by Gasteiger charge is -2.07. The van der Waals surface area contributed by atoms with Gasteiger partial charge in [-0.15, -0.1) is 0 Å². The second-order valence-corrected chi connectivity index (χ2v) is 4.02. The fourth-order valence-corrected chi connectivity index (χ4v) is 2.06. The van der Waals surface area contributed by atoms with Crippen LogP contribution in [0.15, 0.2) is 4.99 Å². The van der Waals surface area contributed by atoms with E-state index in [9.17, 15) is 0 Å². The van der Waals surface area contributed by atoms with Gasteiger partial charge in [0, 0.05) is 5.75 Å². The Balaban J connectivity index is 2.42. The third kappa shape index (κ3) is 3.14. The molecule has 1 atom stereocenters. The standard InChI is InChI=1S/C8H16N2S/c1-2-4-7-5-3-6-11-8(9)10-7/h7H,2-6H2,1H3,(H2,9,10)/t7-/m0/s1. The summed E-state index contributed by atoms with van der Waals surface area (Å²) >= 11 is 1.70. The highest BCUT2D eigenvalue weighted by molar-refractivity contribution is 8.13. The zero-order valence-electron chi connectivity index (χ0n) is 7.05. The van der Waals surface area contributed by atoms with E-state index in [1.807, 2.05) is 0 Å². The van der Waals surface area contributed by atoms with Crippen LogP contribution in [-0.4, -0.2) is 17.0 Å². The molecule has 1 rings (SSSR count). The predicted molar refractivity (Wildman–Crippen MR) is 52.0 cm³/mol. The Morgan fingerprint density at radius 3 is 3.27 bits per heavy atom. The van der Waals surface area contributed by atoms with E-state index in [1.54, 1.807) is 11.8 Å². The SMILES string of the molecule is CCC[C@H]1CCCSC(N)=N1. The van der Waals surface area contributed by atoms with Crippen molar-refractivity contribution in [2.24, 2.45) is 10.7 Å². The van der Waals surface area contributed by atoms with E-state index in [2.05, 4.69) is 11.9 Å². The molecule has 3 heteroatoms. The minimum absolute atomic E-state index is 0.509. The number of aliphatic imine (C=N–C) groups is 1. The summed E-state index contributed by atoms with van der Waals surface area (Å²) in [6.45, 7) is 2.20. The van der Waals surface area contributed by atoms with Crippen LogP contribution in [0.3, 0.4) is 0 Å². The number of nitrogens with two attached hydrogens (primary N) is 1. The van der Waals surface area contributed by atoms with Gasteiger partial charge in [0.2, 0.25) is 0 Å². The highest BCUT2D eigenvalue weighted by Crippen LogP contribution is 2.17. The molecule has 0 aromatic carbocycles. The molecule has 1 aliphatic heterocycles. The minimum Gasteiger partial charge on any atom is -0.379 e. The van der Waals surface area contributed by atoms with Crippen LogP contribution in [0.1, 0.15) is 32.6 Å².